The van der Waals surface area contributed by atoms with Crippen LogP contribution in [0.1, 0.15) is 39.5 Å². The van der Waals surface area contributed by atoms with Crippen LogP contribution in [0.2, 0.25) is 0 Å². The lowest BCUT2D eigenvalue weighted by atomic mass is 10.0. The Morgan fingerprint density at radius 3 is 2.83 bits per heavy atom. The Morgan fingerprint density at radius 1 is 1.39 bits per heavy atom. The first-order valence-corrected chi connectivity index (χ1v) is 7.31. The van der Waals surface area contributed by atoms with Gasteiger partial charge in [0.15, 0.2) is 0 Å². The van der Waals surface area contributed by atoms with Crippen molar-refractivity contribution < 1.29 is 4.79 Å². The number of carbonyl (C=O) groups excluding carboxylic acids is 1. The molecule has 104 valence electrons. The largest absolute Gasteiger partial charge is 0.324 e. The molecule has 0 aromatic carbocycles. The molecular formula is C14H27N3O. The number of nitrogens with zero attached hydrogens (tertiary/aromatic N) is 2. The second-order valence-electron chi connectivity index (χ2n) is 6.20. The minimum Gasteiger partial charge on any atom is -0.324 e. The van der Waals surface area contributed by atoms with Crippen molar-refractivity contribution >= 4 is 5.91 Å². The smallest absolute Gasteiger partial charge is 0.237 e. The molecule has 18 heavy (non-hydrogen) atoms. The Kier molecular flexibility index (Phi) is 4.62. The fourth-order valence-corrected chi connectivity index (χ4v) is 3.08. The second-order valence-corrected chi connectivity index (χ2v) is 6.20. The van der Waals surface area contributed by atoms with E-state index in [0.29, 0.717) is 18.5 Å². The van der Waals surface area contributed by atoms with Crippen molar-refractivity contribution in [3.63, 3.8) is 0 Å². The SMILES string of the molecule is CC(C)CC1NCC(=O)N1CC1CCCCN1C. The summed E-state index contributed by atoms with van der Waals surface area (Å²) < 4.78 is 0. The Labute approximate surface area is 111 Å². The first kappa shape index (κ1) is 13.8. The summed E-state index contributed by atoms with van der Waals surface area (Å²) in [5.41, 5.74) is 0. The molecule has 2 aliphatic rings. The lowest BCUT2D eigenvalue weighted by Gasteiger charge is -2.37. The van der Waals surface area contributed by atoms with Crippen molar-refractivity contribution in [1.82, 2.24) is 15.1 Å². The molecule has 2 heterocycles. The van der Waals surface area contributed by atoms with E-state index in [-0.39, 0.29) is 12.1 Å². The highest BCUT2D eigenvalue weighted by Gasteiger charge is 2.33. The summed E-state index contributed by atoms with van der Waals surface area (Å²) in [5.74, 6) is 0.902. The van der Waals surface area contributed by atoms with Gasteiger partial charge in [0.25, 0.3) is 0 Å². The number of hydrogen-bond acceptors (Lipinski definition) is 3. The van der Waals surface area contributed by atoms with Crippen molar-refractivity contribution in [2.24, 2.45) is 5.92 Å². The van der Waals surface area contributed by atoms with Crippen LogP contribution < -0.4 is 5.32 Å². The van der Waals surface area contributed by atoms with E-state index < -0.39 is 0 Å². The summed E-state index contributed by atoms with van der Waals surface area (Å²) in [6.45, 7) is 7.04. The van der Waals surface area contributed by atoms with E-state index in [9.17, 15) is 4.79 Å². The summed E-state index contributed by atoms with van der Waals surface area (Å²) in [7, 11) is 2.19. The Morgan fingerprint density at radius 2 is 2.17 bits per heavy atom. The van der Waals surface area contributed by atoms with Gasteiger partial charge in [-0.15, -0.1) is 0 Å². The summed E-state index contributed by atoms with van der Waals surface area (Å²) in [6, 6.07) is 0.553. The molecule has 0 bridgehead atoms. The molecule has 1 amide bonds. The molecule has 0 spiro atoms. The quantitative estimate of drug-likeness (QED) is 0.819. The van der Waals surface area contributed by atoms with E-state index in [1.807, 2.05) is 0 Å². The first-order valence-electron chi connectivity index (χ1n) is 7.31. The van der Waals surface area contributed by atoms with Crippen LogP contribution in [-0.4, -0.2) is 54.6 Å². The van der Waals surface area contributed by atoms with E-state index in [0.717, 1.165) is 13.0 Å². The van der Waals surface area contributed by atoms with Crippen LogP contribution in [0.4, 0.5) is 0 Å². The Bertz CT molecular complexity index is 293. The zero-order chi connectivity index (χ0) is 13.1. The van der Waals surface area contributed by atoms with Crippen molar-refractivity contribution in [3.05, 3.63) is 0 Å². The van der Waals surface area contributed by atoms with Gasteiger partial charge in [0.2, 0.25) is 5.91 Å². The van der Waals surface area contributed by atoms with Crippen molar-refractivity contribution in [3.8, 4) is 0 Å². The third-order valence-electron chi connectivity index (χ3n) is 4.21. The third kappa shape index (κ3) is 3.23. The van der Waals surface area contributed by atoms with Crippen LogP contribution in [0.25, 0.3) is 0 Å². The molecule has 4 heteroatoms. The molecule has 2 aliphatic heterocycles. The first-order chi connectivity index (χ1) is 8.58. The molecule has 2 saturated heterocycles. The Balaban J connectivity index is 1.94. The molecule has 0 aromatic heterocycles. The van der Waals surface area contributed by atoms with Gasteiger partial charge in [-0.2, -0.15) is 0 Å². The van der Waals surface area contributed by atoms with Gasteiger partial charge in [0, 0.05) is 12.6 Å². The van der Waals surface area contributed by atoms with Crippen molar-refractivity contribution in [2.45, 2.75) is 51.7 Å². The number of nitrogens with one attached hydrogen (secondary N) is 1. The van der Waals surface area contributed by atoms with Crippen molar-refractivity contribution in [1.29, 1.82) is 0 Å². The monoisotopic (exact) mass is 253 g/mol. The predicted molar refractivity (Wildman–Crippen MR) is 73.2 cm³/mol. The maximum atomic E-state index is 12.0. The van der Waals surface area contributed by atoms with Gasteiger partial charge < -0.3 is 9.80 Å². The average Bonchev–Trinajstić information content (AvgIpc) is 2.64. The zero-order valence-corrected chi connectivity index (χ0v) is 12.0. The molecular weight excluding hydrogens is 226 g/mol. The molecule has 0 radical (unpaired) electrons. The highest BCUT2D eigenvalue weighted by molar-refractivity contribution is 5.80. The molecule has 2 unspecified atom stereocenters. The molecule has 1 N–H and O–H groups in total. The number of likely N-dealkylation sites (N-methyl/N-ethyl adjacent to an activating group) is 1. The maximum absolute atomic E-state index is 12.0. The summed E-state index contributed by atoms with van der Waals surface area (Å²) in [5, 5.41) is 3.35. The summed E-state index contributed by atoms with van der Waals surface area (Å²) in [4.78, 5) is 16.5. The van der Waals surface area contributed by atoms with Gasteiger partial charge in [-0.3, -0.25) is 10.1 Å². The van der Waals surface area contributed by atoms with Gasteiger partial charge in [-0.05, 0) is 38.8 Å². The topological polar surface area (TPSA) is 35.6 Å². The molecule has 4 nitrogen and oxygen atoms in total. The number of hydrogen-bond donors (Lipinski definition) is 1. The number of amides is 1. The lowest BCUT2D eigenvalue weighted by molar-refractivity contribution is -0.129. The zero-order valence-electron chi connectivity index (χ0n) is 12.0. The molecule has 0 saturated carbocycles. The van der Waals surface area contributed by atoms with Crippen LogP contribution in [0, 0.1) is 5.92 Å². The van der Waals surface area contributed by atoms with Crippen LogP contribution in [0.3, 0.4) is 0 Å². The van der Waals surface area contributed by atoms with Gasteiger partial charge in [0.1, 0.15) is 0 Å². The highest BCUT2D eigenvalue weighted by atomic mass is 16.2. The molecule has 0 aliphatic carbocycles. The van der Waals surface area contributed by atoms with Crippen LogP contribution in [-0.2, 0) is 4.79 Å². The Hall–Kier alpha value is -0.610. The van der Waals surface area contributed by atoms with Crippen LogP contribution in [0.5, 0.6) is 0 Å². The summed E-state index contributed by atoms with van der Waals surface area (Å²) in [6.07, 6.45) is 5.15. The predicted octanol–water partition coefficient (Wildman–Crippen LogP) is 1.27. The van der Waals surface area contributed by atoms with Crippen LogP contribution in [0.15, 0.2) is 0 Å². The third-order valence-corrected chi connectivity index (χ3v) is 4.21. The standard InChI is InChI=1S/C14H27N3O/c1-11(2)8-13-15-9-14(18)17(13)10-12-6-4-5-7-16(12)3/h11-13,15H,4-10H2,1-3H3. The minimum absolute atomic E-state index is 0.257. The average molecular weight is 253 g/mol. The molecule has 2 fully saturated rings. The normalized spacial score (nSPS) is 30.4. The van der Waals surface area contributed by atoms with Crippen LogP contribution >= 0.6 is 0 Å². The molecule has 0 aromatic rings. The van der Waals surface area contributed by atoms with E-state index in [1.54, 1.807) is 0 Å². The van der Waals surface area contributed by atoms with E-state index in [1.165, 1.54) is 25.8 Å². The van der Waals surface area contributed by atoms with E-state index >= 15 is 0 Å². The molecule has 2 rings (SSSR count). The maximum Gasteiger partial charge on any atom is 0.237 e. The van der Waals surface area contributed by atoms with Gasteiger partial charge >= 0.3 is 0 Å². The van der Waals surface area contributed by atoms with Gasteiger partial charge in [-0.1, -0.05) is 20.3 Å². The van der Waals surface area contributed by atoms with Gasteiger partial charge in [-0.25, -0.2) is 0 Å². The second kappa shape index (κ2) is 6.02. The number of likely N-dealkylation sites (tertiary alicyclic amines) is 1. The minimum atomic E-state index is 0.257. The van der Waals surface area contributed by atoms with E-state index in [2.05, 4.69) is 36.0 Å². The van der Waals surface area contributed by atoms with E-state index in [4.69, 9.17) is 0 Å². The number of rotatable bonds is 4. The highest BCUT2D eigenvalue weighted by Crippen LogP contribution is 2.20. The number of piperidine rings is 1. The summed E-state index contributed by atoms with van der Waals surface area (Å²) >= 11 is 0. The fraction of sp³-hybridized carbons (Fsp3) is 0.929. The van der Waals surface area contributed by atoms with Gasteiger partial charge in [0.05, 0.1) is 12.7 Å². The van der Waals surface area contributed by atoms with Crippen molar-refractivity contribution in [2.75, 3.05) is 26.7 Å². The lowest BCUT2D eigenvalue weighted by Crippen LogP contribution is -2.49. The fourth-order valence-electron chi connectivity index (χ4n) is 3.08. The molecule has 2 atom stereocenters. The number of carbonyl (C=O) groups is 1.